The van der Waals surface area contributed by atoms with Gasteiger partial charge in [-0.3, -0.25) is 9.48 Å². The van der Waals surface area contributed by atoms with Crippen LogP contribution in [-0.4, -0.2) is 56.3 Å². The van der Waals surface area contributed by atoms with Gasteiger partial charge in [0, 0.05) is 31.9 Å². The average Bonchev–Trinajstić information content (AvgIpc) is 3.60. The third-order valence-electron chi connectivity index (χ3n) is 6.29. The van der Waals surface area contributed by atoms with Gasteiger partial charge in [-0.1, -0.05) is 6.07 Å². The maximum atomic E-state index is 13.7. The number of aryl methyl sites for hydroxylation is 3. The minimum absolute atomic E-state index is 0.0747. The lowest BCUT2D eigenvalue weighted by atomic mass is 9.99. The van der Waals surface area contributed by atoms with Gasteiger partial charge in [-0.25, -0.2) is 9.50 Å². The van der Waals surface area contributed by atoms with Crippen molar-refractivity contribution in [2.75, 3.05) is 6.54 Å². The molecule has 5 aromatic rings. The van der Waals surface area contributed by atoms with E-state index in [0.717, 1.165) is 33.7 Å². The number of rotatable bonds is 3. The zero-order valence-corrected chi connectivity index (χ0v) is 20.0. The van der Waals surface area contributed by atoms with Crippen LogP contribution in [0, 0.1) is 13.8 Å². The highest BCUT2D eigenvalue weighted by Crippen LogP contribution is 2.36. The fourth-order valence-corrected chi connectivity index (χ4v) is 4.93. The Morgan fingerprint density at radius 1 is 1.24 bits per heavy atom. The number of carbonyl (C=O) groups is 1. The average molecular weight is 475 g/mol. The van der Waals surface area contributed by atoms with E-state index in [-0.39, 0.29) is 17.7 Å². The summed E-state index contributed by atoms with van der Waals surface area (Å²) in [6, 6.07) is 5.52. The maximum absolute atomic E-state index is 13.7. The van der Waals surface area contributed by atoms with Crippen LogP contribution < -0.4 is 0 Å². The molecule has 0 spiro atoms. The summed E-state index contributed by atoms with van der Waals surface area (Å²) in [5.74, 6) is -0.178. The summed E-state index contributed by atoms with van der Waals surface area (Å²) in [6.45, 7) is 4.40. The van der Waals surface area contributed by atoms with Gasteiger partial charge in [0.1, 0.15) is 11.7 Å². The molecule has 0 aliphatic carbocycles. The molecule has 12 heteroatoms. The Labute approximate surface area is 196 Å². The SMILES string of the molecule is Cc1cnn(C)c1-c1nnc(C(=O)N2CCc3c(ncn3P)[C@@H]2c2cc3c(C)cccn3n2)o1. The van der Waals surface area contributed by atoms with E-state index in [0.29, 0.717) is 18.7 Å². The molecule has 1 amide bonds. The van der Waals surface area contributed by atoms with Gasteiger partial charge in [-0.15, -0.1) is 10.2 Å². The van der Waals surface area contributed by atoms with E-state index >= 15 is 0 Å². The van der Waals surface area contributed by atoms with Crippen LogP contribution in [0.3, 0.4) is 0 Å². The van der Waals surface area contributed by atoms with Crippen LogP contribution in [0.15, 0.2) is 41.3 Å². The third kappa shape index (κ3) is 3.07. The first-order valence-corrected chi connectivity index (χ1v) is 11.3. The van der Waals surface area contributed by atoms with Crippen LogP contribution in [0.1, 0.15) is 44.9 Å². The zero-order chi connectivity index (χ0) is 23.6. The molecule has 0 bridgehead atoms. The highest BCUT2D eigenvalue weighted by molar-refractivity contribution is 7.14. The second-order valence-corrected chi connectivity index (χ2v) is 8.99. The second-order valence-electron chi connectivity index (χ2n) is 8.44. The van der Waals surface area contributed by atoms with Gasteiger partial charge in [-0.2, -0.15) is 10.2 Å². The molecular formula is C22H22N9O2P. The van der Waals surface area contributed by atoms with Crippen molar-refractivity contribution in [3.8, 4) is 11.6 Å². The predicted molar refractivity (Wildman–Crippen MR) is 125 cm³/mol. The fourth-order valence-electron chi connectivity index (χ4n) is 4.60. The number of carbonyl (C=O) groups excluding carboxylic acids is 1. The van der Waals surface area contributed by atoms with Crippen LogP contribution in [-0.2, 0) is 13.5 Å². The number of nitrogens with zero attached hydrogens (tertiary/aromatic N) is 9. The molecule has 2 atom stereocenters. The molecule has 0 N–H and O–H groups in total. The van der Waals surface area contributed by atoms with Crippen LogP contribution in [0.25, 0.3) is 17.1 Å². The number of fused-ring (bicyclic) bond motifs is 2. The Balaban J connectivity index is 1.43. The lowest BCUT2D eigenvalue weighted by Crippen LogP contribution is -2.41. The largest absolute Gasteiger partial charge is 0.411 e. The van der Waals surface area contributed by atoms with E-state index in [9.17, 15) is 4.79 Å². The van der Waals surface area contributed by atoms with E-state index in [4.69, 9.17) is 9.52 Å². The molecule has 0 saturated heterocycles. The van der Waals surface area contributed by atoms with Gasteiger partial charge in [0.2, 0.25) is 0 Å². The lowest BCUT2D eigenvalue weighted by Gasteiger charge is -2.33. The molecule has 6 heterocycles. The van der Waals surface area contributed by atoms with Crippen molar-refractivity contribution >= 4 is 20.8 Å². The molecule has 172 valence electrons. The highest BCUT2D eigenvalue weighted by atomic mass is 31.0. The van der Waals surface area contributed by atoms with Gasteiger partial charge in [0.05, 0.1) is 29.4 Å². The Morgan fingerprint density at radius 3 is 2.85 bits per heavy atom. The van der Waals surface area contributed by atoms with Gasteiger partial charge < -0.3 is 13.7 Å². The fraction of sp³-hybridized carbons (Fsp3) is 0.273. The number of imidazole rings is 1. The number of amides is 1. The summed E-state index contributed by atoms with van der Waals surface area (Å²) < 4.78 is 11.2. The second kappa shape index (κ2) is 7.59. The Morgan fingerprint density at radius 2 is 2.09 bits per heavy atom. The Hall–Kier alpha value is -3.85. The van der Waals surface area contributed by atoms with Crippen LogP contribution >= 0.6 is 9.39 Å². The van der Waals surface area contributed by atoms with Crippen LogP contribution in [0.5, 0.6) is 0 Å². The van der Waals surface area contributed by atoms with E-state index in [2.05, 4.69) is 29.7 Å². The van der Waals surface area contributed by atoms with Gasteiger partial charge >= 0.3 is 11.8 Å². The van der Waals surface area contributed by atoms with E-state index in [1.807, 2.05) is 47.1 Å². The molecule has 0 radical (unpaired) electrons. The first kappa shape index (κ1) is 20.7. The molecule has 6 rings (SSSR count). The monoisotopic (exact) mass is 475 g/mol. The van der Waals surface area contributed by atoms with Crippen molar-refractivity contribution in [3.63, 3.8) is 0 Å². The summed E-state index contributed by atoms with van der Waals surface area (Å²) >= 11 is 0. The molecule has 1 aliphatic rings. The number of hydrogen-bond acceptors (Lipinski definition) is 7. The molecule has 11 nitrogen and oxygen atoms in total. The van der Waals surface area contributed by atoms with Crippen molar-refractivity contribution in [2.45, 2.75) is 26.3 Å². The summed E-state index contributed by atoms with van der Waals surface area (Å²) in [6.07, 6.45) is 6.01. The Kier molecular flexibility index (Phi) is 4.63. The van der Waals surface area contributed by atoms with E-state index in [1.165, 1.54) is 0 Å². The van der Waals surface area contributed by atoms with Crippen LogP contribution in [0.4, 0.5) is 0 Å². The molecule has 1 unspecified atom stereocenters. The normalized spacial score (nSPS) is 15.8. The number of aromatic nitrogens is 8. The molecule has 1 aliphatic heterocycles. The van der Waals surface area contributed by atoms with Crippen molar-refractivity contribution in [1.29, 1.82) is 0 Å². The standard InChI is InChI=1S/C22H22N9O2P/c1-12-5-4-7-30-16(12)9-14(27-30)19-17-15(31(34)11-23-17)6-8-29(19)22(32)21-26-25-20(33-21)18-13(2)10-24-28(18)3/h4-5,7,9-11,19H,6,8,34H2,1-3H3/t19-/m0/s1. The highest BCUT2D eigenvalue weighted by Gasteiger charge is 2.39. The predicted octanol–water partition coefficient (Wildman–Crippen LogP) is 2.36. The zero-order valence-electron chi connectivity index (χ0n) is 18.9. The van der Waals surface area contributed by atoms with Gasteiger partial charge in [-0.05, 0) is 46.5 Å². The van der Waals surface area contributed by atoms with E-state index in [1.54, 1.807) is 29.2 Å². The smallest absolute Gasteiger partial charge is 0.312 e. The number of hydrogen-bond donors (Lipinski definition) is 0. The minimum Gasteiger partial charge on any atom is -0.411 e. The molecule has 0 aromatic carbocycles. The van der Waals surface area contributed by atoms with E-state index < -0.39 is 6.04 Å². The number of pyridine rings is 1. The molecule has 0 fully saturated rings. The van der Waals surface area contributed by atoms with Crippen LogP contribution in [0.2, 0.25) is 0 Å². The lowest BCUT2D eigenvalue weighted by molar-refractivity contribution is 0.0646. The van der Waals surface area contributed by atoms with Crippen molar-refractivity contribution in [2.24, 2.45) is 7.05 Å². The molecule has 5 aromatic heterocycles. The van der Waals surface area contributed by atoms with Gasteiger partial charge in [0.25, 0.3) is 5.89 Å². The summed E-state index contributed by atoms with van der Waals surface area (Å²) in [7, 11) is 4.45. The summed E-state index contributed by atoms with van der Waals surface area (Å²) in [5, 5.41) is 17.2. The summed E-state index contributed by atoms with van der Waals surface area (Å²) in [5.41, 5.74) is 6.21. The molecule has 34 heavy (non-hydrogen) atoms. The molecular weight excluding hydrogens is 453 g/mol. The maximum Gasteiger partial charge on any atom is 0.312 e. The minimum atomic E-state index is -0.480. The Bertz CT molecular complexity index is 1540. The first-order valence-electron chi connectivity index (χ1n) is 10.8. The third-order valence-corrected chi connectivity index (χ3v) is 6.74. The first-order chi connectivity index (χ1) is 16.4. The van der Waals surface area contributed by atoms with Crippen molar-refractivity contribution in [1.82, 2.24) is 43.8 Å². The van der Waals surface area contributed by atoms with Crippen molar-refractivity contribution in [3.05, 3.63) is 71.0 Å². The quantitative estimate of drug-likeness (QED) is 0.368. The molecule has 0 saturated carbocycles. The topological polar surface area (TPSA) is 112 Å². The summed E-state index contributed by atoms with van der Waals surface area (Å²) in [4.78, 5) is 20.0. The van der Waals surface area contributed by atoms with Crippen molar-refractivity contribution < 1.29 is 9.21 Å². The van der Waals surface area contributed by atoms with Gasteiger partial charge in [0.15, 0.2) is 0 Å².